The Bertz CT molecular complexity index is 1070. The molecule has 7 nitrogen and oxygen atoms in total. The quantitative estimate of drug-likeness (QED) is 0.633. The van der Waals surface area contributed by atoms with E-state index in [1.807, 2.05) is 34.7 Å². The van der Waals surface area contributed by atoms with Crippen LogP contribution in [-0.2, 0) is 0 Å². The van der Waals surface area contributed by atoms with Crippen molar-refractivity contribution in [1.29, 1.82) is 0 Å². The van der Waals surface area contributed by atoms with E-state index in [4.69, 9.17) is 14.6 Å². The maximum Gasteiger partial charge on any atom is 0.254 e. The van der Waals surface area contributed by atoms with E-state index in [9.17, 15) is 4.79 Å². The Morgan fingerprint density at radius 2 is 1.58 bits per heavy atom. The van der Waals surface area contributed by atoms with Crippen molar-refractivity contribution in [2.24, 2.45) is 0 Å². The highest BCUT2D eigenvalue weighted by atomic mass is 16.5. The van der Waals surface area contributed by atoms with Crippen LogP contribution in [0.4, 0.5) is 5.69 Å². The van der Waals surface area contributed by atoms with E-state index in [2.05, 4.69) is 24.0 Å². The predicted molar refractivity (Wildman–Crippen MR) is 121 cm³/mol. The van der Waals surface area contributed by atoms with Gasteiger partial charge >= 0.3 is 0 Å². The van der Waals surface area contributed by atoms with Gasteiger partial charge in [-0.25, -0.2) is 4.68 Å². The highest BCUT2D eigenvalue weighted by Gasteiger charge is 2.26. The summed E-state index contributed by atoms with van der Waals surface area (Å²) in [6.45, 7) is 6.99. The molecule has 0 atom stereocenters. The SMILES string of the molecule is COc1ccc(C(=O)N2CCN(c3c(C)nn(-c4ccccc4)c3C)CC2)cc1OC. The van der Waals surface area contributed by atoms with Crippen LogP contribution in [0.5, 0.6) is 11.5 Å². The standard InChI is InChI=1S/C24H28N4O3/c1-17-23(18(2)28(25-17)20-8-6-5-7-9-20)26-12-14-27(15-13-26)24(29)19-10-11-21(30-3)22(16-19)31-4/h5-11,16H,12-15H2,1-4H3. The number of hydrogen-bond acceptors (Lipinski definition) is 5. The molecule has 3 aromatic rings. The number of rotatable bonds is 5. The summed E-state index contributed by atoms with van der Waals surface area (Å²) >= 11 is 0. The van der Waals surface area contributed by atoms with E-state index in [0.29, 0.717) is 30.2 Å². The van der Waals surface area contributed by atoms with Gasteiger partial charge in [0.1, 0.15) is 0 Å². The van der Waals surface area contributed by atoms with Gasteiger partial charge in [0.25, 0.3) is 5.91 Å². The van der Waals surface area contributed by atoms with E-state index in [1.54, 1.807) is 32.4 Å². The molecule has 2 aromatic carbocycles. The molecule has 31 heavy (non-hydrogen) atoms. The van der Waals surface area contributed by atoms with E-state index < -0.39 is 0 Å². The van der Waals surface area contributed by atoms with Gasteiger partial charge in [0, 0.05) is 31.7 Å². The maximum absolute atomic E-state index is 13.0. The summed E-state index contributed by atoms with van der Waals surface area (Å²) in [5.74, 6) is 1.19. The van der Waals surface area contributed by atoms with Crippen LogP contribution in [0.3, 0.4) is 0 Å². The molecule has 1 aromatic heterocycles. The lowest BCUT2D eigenvalue weighted by atomic mass is 10.1. The summed E-state index contributed by atoms with van der Waals surface area (Å²) in [4.78, 5) is 17.3. The van der Waals surface area contributed by atoms with E-state index in [-0.39, 0.29) is 5.91 Å². The molecule has 162 valence electrons. The molecular formula is C24H28N4O3. The van der Waals surface area contributed by atoms with Gasteiger partial charge in [-0.15, -0.1) is 0 Å². The molecule has 0 spiro atoms. The summed E-state index contributed by atoms with van der Waals surface area (Å²) < 4.78 is 12.6. The predicted octanol–water partition coefficient (Wildman–Crippen LogP) is 3.47. The molecule has 1 saturated heterocycles. The minimum atomic E-state index is 0.00836. The van der Waals surface area contributed by atoms with Gasteiger partial charge in [-0.2, -0.15) is 5.10 Å². The molecule has 7 heteroatoms. The van der Waals surface area contributed by atoms with Gasteiger partial charge in [0.2, 0.25) is 0 Å². The third-order valence-corrected chi connectivity index (χ3v) is 5.77. The first-order valence-electron chi connectivity index (χ1n) is 10.4. The first-order valence-corrected chi connectivity index (χ1v) is 10.4. The Labute approximate surface area is 182 Å². The fourth-order valence-electron chi connectivity index (χ4n) is 4.20. The highest BCUT2D eigenvalue weighted by Crippen LogP contribution is 2.30. The van der Waals surface area contributed by atoms with Crippen LogP contribution in [-0.4, -0.2) is 61.0 Å². The van der Waals surface area contributed by atoms with E-state index in [0.717, 1.165) is 35.9 Å². The first kappa shape index (κ1) is 20.8. The van der Waals surface area contributed by atoms with Gasteiger partial charge in [-0.1, -0.05) is 18.2 Å². The fourth-order valence-corrected chi connectivity index (χ4v) is 4.20. The second-order valence-electron chi connectivity index (χ2n) is 7.62. The Morgan fingerprint density at radius 1 is 0.903 bits per heavy atom. The van der Waals surface area contributed by atoms with Gasteiger partial charge < -0.3 is 19.3 Å². The van der Waals surface area contributed by atoms with E-state index in [1.165, 1.54) is 0 Å². The second-order valence-corrected chi connectivity index (χ2v) is 7.62. The summed E-state index contributed by atoms with van der Waals surface area (Å²) in [6, 6.07) is 15.5. The van der Waals surface area contributed by atoms with Gasteiger partial charge in [-0.05, 0) is 44.2 Å². The minimum Gasteiger partial charge on any atom is -0.493 e. The number of methoxy groups -OCH3 is 2. The van der Waals surface area contributed by atoms with Crippen LogP contribution >= 0.6 is 0 Å². The van der Waals surface area contributed by atoms with Crippen LogP contribution in [0.1, 0.15) is 21.7 Å². The highest BCUT2D eigenvalue weighted by molar-refractivity contribution is 5.95. The van der Waals surface area contributed by atoms with Crippen LogP contribution in [0, 0.1) is 13.8 Å². The van der Waals surface area contributed by atoms with Crippen molar-refractivity contribution >= 4 is 11.6 Å². The molecule has 0 bridgehead atoms. The van der Waals surface area contributed by atoms with Crippen molar-refractivity contribution in [2.75, 3.05) is 45.3 Å². The van der Waals surface area contributed by atoms with Crippen LogP contribution in [0.2, 0.25) is 0 Å². The monoisotopic (exact) mass is 420 g/mol. The molecule has 0 aliphatic carbocycles. The number of piperazine rings is 1. The maximum atomic E-state index is 13.0. The lowest BCUT2D eigenvalue weighted by Crippen LogP contribution is -2.49. The summed E-state index contributed by atoms with van der Waals surface area (Å²) in [5.41, 5.74) is 4.93. The summed E-state index contributed by atoms with van der Waals surface area (Å²) in [5, 5.41) is 4.76. The second kappa shape index (κ2) is 8.71. The first-order chi connectivity index (χ1) is 15.0. The zero-order valence-corrected chi connectivity index (χ0v) is 18.5. The number of nitrogens with zero attached hydrogens (tertiary/aromatic N) is 4. The zero-order valence-electron chi connectivity index (χ0n) is 18.5. The fraction of sp³-hybridized carbons (Fsp3) is 0.333. The van der Waals surface area contributed by atoms with Gasteiger partial charge in [0.05, 0.1) is 37.0 Å². The number of amides is 1. The summed E-state index contributed by atoms with van der Waals surface area (Å²) in [6.07, 6.45) is 0. The lowest BCUT2D eigenvalue weighted by Gasteiger charge is -2.36. The molecule has 0 radical (unpaired) electrons. The molecule has 0 saturated carbocycles. The average Bonchev–Trinajstić information content (AvgIpc) is 3.12. The number of carbonyl (C=O) groups is 1. The molecule has 1 fully saturated rings. The Morgan fingerprint density at radius 3 is 2.23 bits per heavy atom. The number of para-hydroxylation sites is 1. The Hall–Kier alpha value is -3.48. The number of anilines is 1. The third-order valence-electron chi connectivity index (χ3n) is 5.77. The van der Waals surface area contributed by atoms with Crippen molar-refractivity contribution in [2.45, 2.75) is 13.8 Å². The molecule has 4 rings (SSSR count). The largest absolute Gasteiger partial charge is 0.493 e. The van der Waals surface area contributed by atoms with Crippen LogP contribution in [0.15, 0.2) is 48.5 Å². The normalized spacial score (nSPS) is 13.9. The molecule has 1 aliphatic rings. The average molecular weight is 421 g/mol. The Balaban J connectivity index is 1.48. The van der Waals surface area contributed by atoms with Crippen molar-refractivity contribution in [3.05, 3.63) is 65.5 Å². The number of aromatic nitrogens is 2. The van der Waals surface area contributed by atoms with E-state index >= 15 is 0 Å². The number of carbonyl (C=O) groups excluding carboxylic acids is 1. The summed E-state index contributed by atoms with van der Waals surface area (Å²) in [7, 11) is 3.16. The molecular weight excluding hydrogens is 392 g/mol. The molecule has 0 unspecified atom stereocenters. The van der Waals surface area contributed by atoms with Gasteiger partial charge in [0.15, 0.2) is 11.5 Å². The van der Waals surface area contributed by atoms with Gasteiger partial charge in [-0.3, -0.25) is 4.79 Å². The van der Waals surface area contributed by atoms with Crippen molar-refractivity contribution in [3.63, 3.8) is 0 Å². The topological polar surface area (TPSA) is 59.8 Å². The molecule has 1 amide bonds. The number of aryl methyl sites for hydroxylation is 1. The van der Waals surface area contributed by atoms with Crippen molar-refractivity contribution in [3.8, 4) is 17.2 Å². The van der Waals surface area contributed by atoms with Crippen molar-refractivity contribution in [1.82, 2.24) is 14.7 Å². The zero-order chi connectivity index (χ0) is 22.0. The number of hydrogen-bond donors (Lipinski definition) is 0. The lowest BCUT2D eigenvalue weighted by molar-refractivity contribution is 0.0746. The number of benzene rings is 2. The minimum absolute atomic E-state index is 0.00836. The van der Waals surface area contributed by atoms with Crippen LogP contribution < -0.4 is 14.4 Å². The third kappa shape index (κ3) is 3.95. The molecule has 0 N–H and O–H groups in total. The Kier molecular flexibility index (Phi) is 5.84. The smallest absolute Gasteiger partial charge is 0.254 e. The number of ether oxygens (including phenoxy) is 2. The molecule has 2 heterocycles. The van der Waals surface area contributed by atoms with Crippen molar-refractivity contribution < 1.29 is 14.3 Å². The van der Waals surface area contributed by atoms with Crippen LogP contribution in [0.25, 0.3) is 5.69 Å². The molecule has 1 aliphatic heterocycles.